The lowest BCUT2D eigenvalue weighted by Crippen LogP contribution is -2.35. The van der Waals surface area contributed by atoms with E-state index in [9.17, 15) is 4.79 Å². The van der Waals surface area contributed by atoms with Crippen LogP contribution in [0.2, 0.25) is 0 Å². The second-order valence-electron chi connectivity index (χ2n) is 5.03. The molecule has 1 amide bonds. The molecule has 0 bridgehead atoms. The first kappa shape index (κ1) is 12.7. The Morgan fingerprint density at radius 2 is 2.28 bits per heavy atom. The van der Waals surface area contributed by atoms with Crippen molar-refractivity contribution in [1.82, 2.24) is 5.32 Å². The number of hydrogen-bond donors (Lipinski definition) is 2. The number of rotatable bonds is 3. The van der Waals surface area contributed by atoms with Crippen LogP contribution < -0.4 is 11.1 Å². The molecular weight excluding hydrogens is 224 g/mol. The normalized spacial score (nSPS) is 23.4. The van der Waals surface area contributed by atoms with Crippen molar-refractivity contribution in [2.75, 3.05) is 5.73 Å². The standard InChI is InChI=1S/C15H20N2O/c1-11-4-2-7-14(11)17-15(18)9-8-12-5-3-6-13(16)10-12/h3,5-6,8-11,14H,2,4,7,16H2,1H3,(H,17,18)/b9-8+. The summed E-state index contributed by atoms with van der Waals surface area (Å²) >= 11 is 0. The number of amides is 1. The number of benzene rings is 1. The number of nitrogen functional groups attached to an aromatic ring is 1. The van der Waals surface area contributed by atoms with Gasteiger partial charge in [0.1, 0.15) is 0 Å². The molecule has 2 rings (SSSR count). The van der Waals surface area contributed by atoms with E-state index < -0.39 is 0 Å². The fourth-order valence-corrected chi connectivity index (χ4v) is 2.43. The molecule has 3 heteroatoms. The number of anilines is 1. The Morgan fingerprint density at radius 3 is 2.94 bits per heavy atom. The zero-order chi connectivity index (χ0) is 13.0. The van der Waals surface area contributed by atoms with Gasteiger partial charge in [0.2, 0.25) is 5.91 Å². The average molecular weight is 244 g/mol. The van der Waals surface area contributed by atoms with Crippen molar-refractivity contribution in [2.45, 2.75) is 32.2 Å². The molecule has 1 fully saturated rings. The summed E-state index contributed by atoms with van der Waals surface area (Å²) in [5.74, 6) is 0.575. The van der Waals surface area contributed by atoms with Crippen LogP contribution in [0.4, 0.5) is 5.69 Å². The summed E-state index contributed by atoms with van der Waals surface area (Å²) in [7, 11) is 0. The average Bonchev–Trinajstić information content (AvgIpc) is 2.73. The zero-order valence-corrected chi connectivity index (χ0v) is 10.7. The van der Waals surface area contributed by atoms with Crippen molar-refractivity contribution in [3.05, 3.63) is 35.9 Å². The van der Waals surface area contributed by atoms with Gasteiger partial charge in [-0.2, -0.15) is 0 Å². The maximum atomic E-state index is 11.8. The second-order valence-corrected chi connectivity index (χ2v) is 5.03. The van der Waals surface area contributed by atoms with E-state index in [0.717, 1.165) is 12.0 Å². The fraction of sp³-hybridized carbons (Fsp3) is 0.400. The van der Waals surface area contributed by atoms with Gasteiger partial charge in [0.15, 0.2) is 0 Å². The van der Waals surface area contributed by atoms with Crippen LogP contribution in [0.25, 0.3) is 6.08 Å². The highest BCUT2D eigenvalue weighted by Gasteiger charge is 2.23. The zero-order valence-electron chi connectivity index (χ0n) is 10.7. The maximum absolute atomic E-state index is 11.8. The lowest BCUT2D eigenvalue weighted by molar-refractivity contribution is -0.117. The molecule has 0 aromatic heterocycles. The third kappa shape index (κ3) is 3.36. The van der Waals surface area contributed by atoms with Crippen LogP contribution in [0.3, 0.4) is 0 Å². The Morgan fingerprint density at radius 1 is 1.44 bits per heavy atom. The van der Waals surface area contributed by atoms with E-state index in [1.165, 1.54) is 12.8 Å². The molecule has 2 unspecified atom stereocenters. The van der Waals surface area contributed by atoms with Gasteiger partial charge in [0, 0.05) is 17.8 Å². The largest absolute Gasteiger partial charge is 0.399 e. The van der Waals surface area contributed by atoms with Crippen LogP contribution in [0.1, 0.15) is 31.7 Å². The smallest absolute Gasteiger partial charge is 0.244 e. The summed E-state index contributed by atoms with van der Waals surface area (Å²) in [6.45, 7) is 2.19. The predicted octanol–water partition coefficient (Wildman–Crippen LogP) is 2.59. The Bertz CT molecular complexity index is 454. The van der Waals surface area contributed by atoms with Crippen LogP contribution in [0.15, 0.2) is 30.3 Å². The molecule has 1 saturated carbocycles. The summed E-state index contributed by atoms with van der Waals surface area (Å²) in [5.41, 5.74) is 7.34. The van der Waals surface area contributed by atoms with Crippen molar-refractivity contribution in [3.63, 3.8) is 0 Å². The van der Waals surface area contributed by atoms with Gasteiger partial charge in [-0.25, -0.2) is 0 Å². The van der Waals surface area contributed by atoms with E-state index in [1.54, 1.807) is 12.2 Å². The highest BCUT2D eigenvalue weighted by molar-refractivity contribution is 5.92. The highest BCUT2D eigenvalue weighted by Crippen LogP contribution is 2.24. The van der Waals surface area contributed by atoms with Crippen molar-refractivity contribution in [1.29, 1.82) is 0 Å². The van der Waals surface area contributed by atoms with Gasteiger partial charge < -0.3 is 11.1 Å². The van der Waals surface area contributed by atoms with Crippen LogP contribution in [0, 0.1) is 5.92 Å². The Balaban J connectivity index is 1.91. The molecule has 1 aromatic rings. The molecule has 0 aliphatic heterocycles. The van der Waals surface area contributed by atoms with E-state index in [-0.39, 0.29) is 5.91 Å². The molecule has 1 aliphatic carbocycles. The number of nitrogens with one attached hydrogen (secondary N) is 1. The van der Waals surface area contributed by atoms with Crippen molar-refractivity contribution < 1.29 is 4.79 Å². The highest BCUT2D eigenvalue weighted by atomic mass is 16.1. The maximum Gasteiger partial charge on any atom is 0.244 e. The van der Waals surface area contributed by atoms with Crippen molar-refractivity contribution in [2.24, 2.45) is 5.92 Å². The SMILES string of the molecule is CC1CCCC1NC(=O)/C=C/c1cccc(N)c1. The van der Waals surface area contributed by atoms with Gasteiger partial charge >= 0.3 is 0 Å². The second kappa shape index (κ2) is 5.71. The van der Waals surface area contributed by atoms with Gasteiger partial charge in [-0.1, -0.05) is 25.5 Å². The minimum atomic E-state index is -0.0174. The topological polar surface area (TPSA) is 55.1 Å². The Hall–Kier alpha value is -1.77. The quantitative estimate of drug-likeness (QED) is 0.634. The number of carbonyl (C=O) groups is 1. The van der Waals surface area contributed by atoms with Gasteiger partial charge in [-0.05, 0) is 42.5 Å². The molecule has 0 heterocycles. The summed E-state index contributed by atoms with van der Waals surface area (Å²) in [4.78, 5) is 11.8. The predicted molar refractivity (Wildman–Crippen MR) is 74.8 cm³/mol. The van der Waals surface area contributed by atoms with E-state index >= 15 is 0 Å². The number of carbonyl (C=O) groups excluding carboxylic acids is 1. The molecule has 3 nitrogen and oxygen atoms in total. The first-order valence-electron chi connectivity index (χ1n) is 6.49. The lowest BCUT2D eigenvalue weighted by Gasteiger charge is -2.15. The molecule has 2 atom stereocenters. The molecule has 3 N–H and O–H groups in total. The van der Waals surface area contributed by atoms with E-state index in [2.05, 4.69) is 12.2 Å². The fourth-order valence-electron chi connectivity index (χ4n) is 2.43. The van der Waals surface area contributed by atoms with Gasteiger partial charge in [0.25, 0.3) is 0 Å². The first-order valence-corrected chi connectivity index (χ1v) is 6.49. The molecule has 0 saturated heterocycles. The van der Waals surface area contributed by atoms with E-state index in [1.807, 2.05) is 24.3 Å². The molecule has 1 aliphatic rings. The molecule has 1 aromatic carbocycles. The molecule has 96 valence electrons. The van der Waals surface area contributed by atoms with Crippen LogP contribution in [-0.2, 0) is 4.79 Å². The van der Waals surface area contributed by atoms with Crippen molar-refractivity contribution in [3.8, 4) is 0 Å². The summed E-state index contributed by atoms with van der Waals surface area (Å²) in [6, 6.07) is 7.83. The lowest BCUT2D eigenvalue weighted by atomic mass is 10.1. The number of hydrogen-bond acceptors (Lipinski definition) is 2. The van der Waals surface area contributed by atoms with E-state index in [0.29, 0.717) is 17.6 Å². The number of nitrogens with two attached hydrogens (primary N) is 1. The minimum absolute atomic E-state index is 0.0174. The van der Waals surface area contributed by atoms with Gasteiger partial charge in [-0.3, -0.25) is 4.79 Å². The van der Waals surface area contributed by atoms with Crippen LogP contribution >= 0.6 is 0 Å². The van der Waals surface area contributed by atoms with Crippen molar-refractivity contribution >= 4 is 17.7 Å². The van der Waals surface area contributed by atoms with Crippen LogP contribution in [-0.4, -0.2) is 11.9 Å². The third-order valence-corrected chi connectivity index (χ3v) is 3.53. The van der Waals surface area contributed by atoms with Crippen LogP contribution in [0.5, 0.6) is 0 Å². The molecular formula is C15H20N2O. The first-order chi connectivity index (χ1) is 8.65. The minimum Gasteiger partial charge on any atom is -0.399 e. The Kier molecular flexibility index (Phi) is 4.03. The van der Waals surface area contributed by atoms with E-state index in [4.69, 9.17) is 5.73 Å². The molecule has 0 spiro atoms. The van der Waals surface area contributed by atoms with Gasteiger partial charge in [0.05, 0.1) is 0 Å². The third-order valence-electron chi connectivity index (χ3n) is 3.53. The molecule has 0 radical (unpaired) electrons. The summed E-state index contributed by atoms with van der Waals surface area (Å²) in [6.07, 6.45) is 6.90. The Labute approximate surface area is 108 Å². The molecule has 18 heavy (non-hydrogen) atoms. The monoisotopic (exact) mass is 244 g/mol. The summed E-state index contributed by atoms with van der Waals surface area (Å²) < 4.78 is 0. The summed E-state index contributed by atoms with van der Waals surface area (Å²) in [5, 5.41) is 3.06. The van der Waals surface area contributed by atoms with Gasteiger partial charge in [-0.15, -0.1) is 0 Å².